The summed E-state index contributed by atoms with van der Waals surface area (Å²) in [6.07, 6.45) is 2.40. The quantitative estimate of drug-likeness (QED) is 0.855. The molecule has 2 rings (SSSR count). The van der Waals surface area contributed by atoms with Gasteiger partial charge in [0.2, 0.25) is 0 Å². The van der Waals surface area contributed by atoms with Crippen LogP contribution < -0.4 is 5.32 Å². The third-order valence-electron chi connectivity index (χ3n) is 3.50. The van der Waals surface area contributed by atoms with Crippen molar-refractivity contribution in [3.63, 3.8) is 0 Å². The Labute approximate surface area is 114 Å². The van der Waals surface area contributed by atoms with Crippen LogP contribution in [0.3, 0.4) is 0 Å². The van der Waals surface area contributed by atoms with Crippen LogP contribution in [-0.2, 0) is 13.0 Å². The second-order valence-electron chi connectivity index (χ2n) is 4.70. The number of nitrogens with zero attached hydrogens (tertiary/aromatic N) is 1. The number of nitrogens with one attached hydrogen (secondary N) is 1. The highest BCUT2D eigenvalue weighted by molar-refractivity contribution is 5.82. The number of hydrogen-bond acceptors (Lipinski definition) is 3. The number of furan rings is 1. The van der Waals surface area contributed by atoms with Crippen molar-refractivity contribution in [2.75, 3.05) is 0 Å². The van der Waals surface area contributed by atoms with Crippen LogP contribution in [0.4, 0.5) is 0 Å². The highest BCUT2D eigenvalue weighted by atomic mass is 16.3. The van der Waals surface area contributed by atoms with Gasteiger partial charge >= 0.3 is 0 Å². The second-order valence-corrected chi connectivity index (χ2v) is 4.70. The molecule has 0 saturated carbocycles. The number of hydrogen-bond donors (Lipinski definition) is 1. The van der Waals surface area contributed by atoms with E-state index in [1.807, 2.05) is 18.2 Å². The summed E-state index contributed by atoms with van der Waals surface area (Å²) in [7, 11) is 0. The molecule has 1 atom stereocenters. The topological polar surface area (TPSA) is 49.0 Å². The van der Waals surface area contributed by atoms with E-state index in [2.05, 4.69) is 31.3 Å². The van der Waals surface area contributed by atoms with Crippen LogP contribution in [0.5, 0.6) is 0 Å². The summed E-state index contributed by atoms with van der Waals surface area (Å²) < 4.78 is 5.87. The van der Waals surface area contributed by atoms with Crippen LogP contribution in [-0.4, -0.2) is 6.04 Å². The third-order valence-corrected chi connectivity index (χ3v) is 3.50. The predicted octanol–water partition coefficient (Wildman–Crippen LogP) is 3.78. The smallest absolute Gasteiger partial charge is 0.134 e. The Hall–Kier alpha value is -1.79. The fourth-order valence-corrected chi connectivity index (χ4v) is 2.35. The molecular formula is C16H20N2O. The lowest BCUT2D eigenvalue weighted by molar-refractivity contribution is 0.493. The summed E-state index contributed by atoms with van der Waals surface area (Å²) in [5, 5.41) is 13.4. The van der Waals surface area contributed by atoms with E-state index in [-0.39, 0.29) is 6.04 Å². The monoisotopic (exact) mass is 256 g/mol. The number of nitriles is 1. The van der Waals surface area contributed by atoms with Crippen molar-refractivity contribution in [1.82, 2.24) is 5.32 Å². The summed E-state index contributed by atoms with van der Waals surface area (Å²) >= 11 is 0. The standard InChI is InChI=1S/C16H20N2O/c1-3-12(9-10-17)18-11-14-13-7-5-6-8-16(13)19-15(14)4-2/h5-8,12,18H,3-4,9,11H2,1-2H3. The molecule has 1 unspecified atom stereocenters. The van der Waals surface area contributed by atoms with Crippen molar-refractivity contribution < 1.29 is 4.42 Å². The van der Waals surface area contributed by atoms with E-state index in [1.54, 1.807) is 0 Å². The predicted molar refractivity (Wildman–Crippen MR) is 76.7 cm³/mol. The maximum absolute atomic E-state index is 8.79. The fourth-order valence-electron chi connectivity index (χ4n) is 2.35. The molecule has 0 aliphatic rings. The van der Waals surface area contributed by atoms with Crippen molar-refractivity contribution in [2.45, 2.75) is 45.7 Å². The van der Waals surface area contributed by atoms with Crippen LogP contribution in [0.25, 0.3) is 11.0 Å². The Morgan fingerprint density at radius 3 is 2.79 bits per heavy atom. The van der Waals surface area contributed by atoms with E-state index < -0.39 is 0 Å². The van der Waals surface area contributed by atoms with E-state index in [1.165, 1.54) is 10.9 Å². The summed E-state index contributed by atoms with van der Waals surface area (Å²) in [6, 6.07) is 10.6. The molecule has 19 heavy (non-hydrogen) atoms. The zero-order valence-corrected chi connectivity index (χ0v) is 11.6. The molecule has 0 saturated heterocycles. The van der Waals surface area contributed by atoms with Crippen LogP contribution in [0.1, 0.15) is 38.0 Å². The molecule has 100 valence electrons. The molecule has 0 spiro atoms. The maximum Gasteiger partial charge on any atom is 0.134 e. The van der Waals surface area contributed by atoms with Gasteiger partial charge in [0.25, 0.3) is 0 Å². The lowest BCUT2D eigenvalue weighted by Gasteiger charge is -2.13. The first-order valence-corrected chi connectivity index (χ1v) is 6.89. The number of para-hydroxylation sites is 1. The zero-order chi connectivity index (χ0) is 13.7. The Morgan fingerprint density at radius 1 is 1.32 bits per heavy atom. The summed E-state index contributed by atoms with van der Waals surface area (Å²) in [5.74, 6) is 1.04. The van der Waals surface area contributed by atoms with Crippen molar-refractivity contribution in [1.29, 1.82) is 5.26 Å². The maximum atomic E-state index is 8.79. The molecule has 1 N–H and O–H groups in total. The first-order chi connectivity index (χ1) is 9.30. The van der Waals surface area contributed by atoms with Crippen LogP contribution in [0.2, 0.25) is 0 Å². The normalized spacial score (nSPS) is 12.5. The molecule has 2 aromatic rings. The molecule has 1 aromatic carbocycles. The minimum atomic E-state index is 0.253. The van der Waals surface area contributed by atoms with Crippen LogP contribution in [0, 0.1) is 11.3 Å². The van der Waals surface area contributed by atoms with Gasteiger partial charge in [-0.1, -0.05) is 32.0 Å². The number of fused-ring (bicyclic) bond motifs is 1. The first-order valence-electron chi connectivity index (χ1n) is 6.89. The molecule has 0 bridgehead atoms. The summed E-state index contributed by atoms with van der Waals surface area (Å²) in [5.41, 5.74) is 2.18. The molecule has 1 aromatic heterocycles. The molecular weight excluding hydrogens is 236 g/mol. The molecule has 0 amide bonds. The molecule has 0 radical (unpaired) electrons. The Morgan fingerprint density at radius 2 is 2.11 bits per heavy atom. The van der Waals surface area contributed by atoms with Gasteiger partial charge in [0.1, 0.15) is 11.3 Å². The number of rotatable bonds is 6. The van der Waals surface area contributed by atoms with Gasteiger partial charge < -0.3 is 9.73 Å². The molecule has 0 fully saturated rings. The second kappa shape index (κ2) is 6.40. The van der Waals surface area contributed by atoms with Gasteiger partial charge in [-0.25, -0.2) is 0 Å². The average molecular weight is 256 g/mol. The SMILES string of the molecule is CCc1oc2ccccc2c1CNC(CC)CC#N. The lowest BCUT2D eigenvalue weighted by atomic mass is 10.1. The highest BCUT2D eigenvalue weighted by Crippen LogP contribution is 2.26. The minimum absolute atomic E-state index is 0.253. The van der Waals surface area contributed by atoms with Gasteiger partial charge in [-0.3, -0.25) is 0 Å². The van der Waals surface area contributed by atoms with Crippen molar-refractivity contribution in [3.8, 4) is 6.07 Å². The van der Waals surface area contributed by atoms with Crippen molar-refractivity contribution in [3.05, 3.63) is 35.6 Å². The van der Waals surface area contributed by atoms with Crippen molar-refractivity contribution in [2.24, 2.45) is 0 Å². The number of aryl methyl sites for hydroxylation is 1. The largest absolute Gasteiger partial charge is 0.461 e. The summed E-state index contributed by atoms with van der Waals surface area (Å²) in [6.45, 7) is 4.97. The minimum Gasteiger partial charge on any atom is -0.461 e. The van der Waals surface area contributed by atoms with Gasteiger partial charge in [-0.2, -0.15) is 5.26 Å². The van der Waals surface area contributed by atoms with Gasteiger partial charge in [0.05, 0.1) is 12.5 Å². The Bertz CT molecular complexity index is 580. The zero-order valence-electron chi connectivity index (χ0n) is 11.6. The van der Waals surface area contributed by atoms with E-state index in [4.69, 9.17) is 9.68 Å². The third kappa shape index (κ3) is 2.97. The number of benzene rings is 1. The highest BCUT2D eigenvalue weighted by Gasteiger charge is 2.13. The van der Waals surface area contributed by atoms with Gasteiger partial charge in [-0.15, -0.1) is 0 Å². The van der Waals surface area contributed by atoms with E-state index in [9.17, 15) is 0 Å². The molecule has 3 heteroatoms. The van der Waals surface area contributed by atoms with Gasteiger partial charge in [0, 0.05) is 30.0 Å². The first kappa shape index (κ1) is 13.6. The average Bonchev–Trinajstić information content (AvgIpc) is 2.81. The molecule has 3 nitrogen and oxygen atoms in total. The van der Waals surface area contributed by atoms with Gasteiger partial charge in [-0.05, 0) is 12.5 Å². The van der Waals surface area contributed by atoms with E-state index in [0.29, 0.717) is 6.42 Å². The Balaban J connectivity index is 2.21. The van der Waals surface area contributed by atoms with E-state index in [0.717, 1.165) is 30.7 Å². The fraction of sp³-hybridized carbons (Fsp3) is 0.438. The summed E-state index contributed by atoms with van der Waals surface area (Å²) in [4.78, 5) is 0. The van der Waals surface area contributed by atoms with Crippen molar-refractivity contribution >= 4 is 11.0 Å². The molecule has 1 heterocycles. The van der Waals surface area contributed by atoms with E-state index >= 15 is 0 Å². The lowest BCUT2D eigenvalue weighted by Crippen LogP contribution is -2.27. The van der Waals surface area contributed by atoms with Crippen LogP contribution >= 0.6 is 0 Å². The molecule has 0 aliphatic heterocycles. The van der Waals surface area contributed by atoms with Gasteiger partial charge in [0.15, 0.2) is 0 Å². The van der Waals surface area contributed by atoms with Crippen LogP contribution in [0.15, 0.2) is 28.7 Å². The Kier molecular flexibility index (Phi) is 4.59. The molecule has 0 aliphatic carbocycles.